The quantitative estimate of drug-likeness (QED) is 0.545. The first-order valence-corrected chi connectivity index (χ1v) is 10.0. The number of nitrogens with two attached hydrogens (primary N) is 1. The minimum atomic E-state index is -4.54. The third-order valence-corrected chi connectivity index (χ3v) is 4.42. The second-order valence-corrected chi connectivity index (χ2v) is 8.33. The molecule has 0 bridgehead atoms. The van der Waals surface area contributed by atoms with E-state index in [4.69, 9.17) is 15.2 Å². The molecule has 0 saturated heterocycles. The lowest BCUT2D eigenvalue weighted by Gasteiger charge is -2.22. The Bertz CT molecular complexity index is 654. The number of ether oxygens (including phenoxy) is 2. The average Bonchev–Trinajstić information content (AvgIpc) is 2.57. The van der Waals surface area contributed by atoms with Crippen LogP contribution in [0.5, 0.6) is 5.88 Å². The molecular formula is C18H26F3N3O4S. The van der Waals surface area contributed by atoms with Gasteiger partial charge in [-0.25, -0.2) is 9.78 Å². The number of amides is 2. The van der Waals surface area contributed by atoms with E-state index in [1.54, 1.807) is 26.8 Å². The monoisotopic (exact) mass is 437 g/mol. The van der Waals surface area contributed by atoms with Gasteiger partial charge in [0.1, 0.15) is 11.6 Å². The summed E-state index contributed by atoms with van der Waals surface area (Å²) in [5.41, 5.74) is 4.53. The molecule has 0 spiro atoms. The van der Waals surface area contributed by atoms with Gasteiger partial charge in [-0.1, -0.05) is 6.07 Å². The molecule has 1 rings (SSSR count). The highest BCUT2D eigenvalue weighted by Crippen LogP contribution is 2.27. The number of rotatable bonds is 10. The Kier molecular flexibility index (Phi) is 9.54. The summed E-state index contributed by atoms with van der Waals surface area (Å²) in [4.78, 5) is 27.0. The summed E-state index contributed by atoms with van der Waals surface area (Å²) >= 11 is 1.19. The summed E-state index contributed by atoms with van der Waals surface area (Å²) in [6.07, 6.45) is -6.09. The summed E-state index contributed by atoms with van der Waals surface area (Å²) < 4.78 is 49.4. The first-order chi connectivity index (χ1) is 13.4. The van der Waals surface area contributed by atoms with Crippen molar-refractivity contribution >= 4 is 23.8 Å². The number of hydrogen-bond acceptors (Lipinski definition) is 6. The van der Waals surface area contributed by atoms with E-state index in [0.717, 1.165) is 0 Å². The van der Waals surface area contributed by atoms with Crippen molar-refractivity contribution in [3.05, 3.63) is 24.4 Å². The number of halogens is 3. The summed E-state index contributed by atoms with van der Waals surface area (Å²) in [5, 5.41) is 2.37. The van der Waals surface area contributed by atoms with Crippen molar-refractivity contribution in [2.24, 2.45) is 5.73 Å². The lowest BCUT2D eigenvalue weighted by Crippen LogP contribution is -2.46. The van der Waals surface area contributed by atoms with Gasteiger partial charge in [-0.15, -0.1) is 0 Å². The SMILES string of the molecule is CC(C)(C)OC(=O)NC(CCSCCC(Oc1ccccn1)C(F)(F)F)C(N)=O. The molecule has 1 aromatic rings. The highest BCUT2D eigenvalue weighted by atomic mass is 32.2. The van der Waals surface area contributed by atoms with Gasteiger partial charge in [0, 0.05) is 18.7 Å². The molecule has 0 fully saturated rings. The number of primary amides is 1. The number of pyridine rings is 1. The van der Waals surface area contributed by atoms with Gasteiger partial charge < -0.3 is 20.5 Å². The predicted octanol–water partition coefficient (Wildman–Crippen LogP) is 3.28. The predicted molar refractivity (Wildman–Crippen MR) is 104 cm³/mol. The lowest BCUT2D eigenvalue weighted by molar-refractivity contribution is -0.196. The Labute approximate surface area is 171 Å². The molecule has 0 saturated carbocycles. The number of hydrogen-bond donors (Lipinski definition) is 2. The largest absolute Gasteiger partial charge is 0.465 e. The zero-order chi connectivity index (χ0) is 22.1. The Hall–Kier alpha value is -2.17. The number of carbonyl (C=O) groups is 2. The second-order valence-electron chi connectivity index (χ2n) is 7.11. The molecule has 29 heavy (non-hydrogen) atoms. The molecule has 164 valence electrons. The number of alkyl carbamates (subject to hydrolysis) is 1. The standard InChI is InChI=1S/C18H26F3N3O4S/c1-17(2,3)28-16(26)24-12(15(22)25)7-10-29-11-8-13(18(19,20)21)27-14-6-4-5-9-23-14/h4-6,9,12-13H,7-8,10-11H2,1-3H3,(H2,22,25)(H,24,26). The first kappa shape index (κ1) is 24.9. The second kappa shape index (κ2) is 11.1. The van der Waals surface area contributed by atoms with E-state index in [-0.39, 0.29) is 24.5 Å². The fourth-order valence-corrected chi connectivity index (χ4v) is 3.07. The van der Waals surface area contributed by atoms with E-state index in [0.29, 0.717) is 5.75 Å². The van der Waals surface area contributed by atoms with Crippen molar-refractivity contribution in [1.82, 2.24) is 10.3 Å². The van der Waals surface area contributed by atoms with E-state index in [9.17, 15) is 22.8 Å². The summed E-state index contributed by atoms with van der Waals surface area (Å²) in [7, 11) is 0. The van der Waals surface area contributed by atoms with E-state index < -0.39 is 35.9 Å². The average molecular weight is 437 g/mol. The van der Waals surface area contributed by atoms with Crippen LogP contribution in [-0.4, -0.2) is 52.4 Å². The number of nitrogens with one attached hydrogen (secondary N) is 1. The molecule has 7 nitrogen and oxygen atoms in total. The van der Waals surface area contributed by atoms with Gasteiger partial charge in [-0.3, -0.25) is 4.79 Å². The summed E-state index contributed by atoms with van der Waals surface area (Å²) in [6.45, 7) is 5.02. The number of alkyl halides is 3. The van der Waals surface area contributed by atoms with Crippen LogP contribution in [0.25, 0.3) is 0 Å². The maximum Gasteiger partial charge on any atom is 0.425 e. The molecule has 0 aliphatic heterocycles. The topological polar surface area (TPSA) is 104 Å². The van der Waals surface area contributed by atoms with Crippen molar-refractivity contribution in [1.29, 1.82) is 0 Å². The van der Waals surface area contributed by atoms with Gasteiger partial charge in [0.05, 0.1) is 0 Å². The Balaban J connectivity index is 2.44. The van der Waals surface area contributed by atoms with E-state index in [2.05, 4.69) is 10.3 Å². The van der Waals surface area contributed by atoms with Crippen LogP contribution in [0.15, 0.2) is 24.4 Å². The maximum absolute atomic E-state index is 13.1. The maximum atomic E-state index is 13.1. The van der Waals surface area contributed by atoms with Crippen molar-refractivity contribution in [2.75, 3.05) is 11.5 Å². The minimum absolute atomic E-state index is 0.102. The first-order valence-electron chi connectivity index (χ1n) is 8.89. The van der Waals surface area contributed by atoms with Gasteiger partial charge in [-0.05, 0) is 44.8 Å². The van der Waals surface area contributed by atoms with Gasteiger partial charge >= 0.3 is 12.3 Å². The highest BCUT2D eigenvalue weighted by Gasteiger charge is 2.41. The van der Waals surface area contributed by atoms with Crippen LogP contribution in [0.2, 0.25) is 0 Å². The molecular weight excluding hydrogens is 411 g/mol. The van der Waals surface area contributed by atoms with Crippen LogP contribution in [0.3, 0.4) is 0 Å². The smallest absolute Gasteiger partial charge is 0.425 e. The van der Waals surface area contributed by atoms with Crippen molar-refractivity contribution in [2.45, 2.75) is 57.5 Å². The normalized spacial score (nSPS) is 14.0. The van der Waals surface area contributed by atoms with Crippen LogP contribution in [0.4, 0.5) is 18.0 Å². The molecule has 0 aromatic carbocycles. The molecule has 2 atom stereocenters. The molecule has 0 aliphatic carbocycles. The third-order valence-electron chi connectivity index (χ3n) is 3.38. The van der Waals surface area contributed by atoms with Crippen molar-refractivity contribution in [3.8, 4) is 5.88 Å². The van der Waals surface area contributed by atoms with Crippen LogP contribution in [-0.2, 0) is 9.53 Å². The van der Waals surface area contributed by atoms with Crippen LogP contribution in [0.1, 0.15) is 33.6 Å². The van der Waals surface area contributed by atoms with Crippen molar-refractivity contribution in [3.63, 3.8) is 0 Å². The zero-order valence-corrected chi connectivity index (χ0v) is 17.3. The van der Waals surface area contributed by atoms with E-state index >= 15 is 0 Å². The number of aromatic nitrogens is 1. The Morgan fingerprint density at radius 2 is 1.86 bits per heavy atom. The van der Waals surface area contributed by atoms with E-state index in [1.807, 2.05) is 0 Å². The summed E-state index contributed by atoms with van der Waals surface area (Å²) in [5.74, 6) is -0.398. The molecule has 2 unspecified atom stereocenters. The van der Waals surface area contributed by atoms with Crippen LogP contribution >= 0.6 is 11.8 Å². The van der Waals surface area contributed by atoms with Gasteiger partial charge in [0.25, 0.3) is 0 Å². The molecule has 0 aliphatic rings. The Morgan fingerprint density at radius 3 is 2.38 bits per heavy atom. The number of nitrogens with zero attached hydrogens (tertiary/aromatic N) is 1. The van der Waals surface area contributed by atoms with Gasteiger partial charge in [0.2, 0.25) is 11.8 Å². The fourth-order valence-electron chi connectivity index (χ4n) is 2.08. The lowest BCUT2D eigenvalue weighted by atomic mass is 10.2. The third kappa shape index (κ3) is 10.8. The summed E-state index contributed by atoms with van der Waals surface area (Å²) in [6, 6.07) is 3.49. The minimum Gasteiger partial charge on any atom is -0.465 e. The molecule has 11 heteroatoms. The fraction of sp³-hybridized carbons (Fsp3) is 0.611. The van der Waals surface area contributed by atoms with Crippen molar-refractivity contribution < 1.29 is 32.2 Å². The van der Waals surface area contributed by atoms with Gasteiger partial charge in [-0.2, -0.15) is 24.9 Å². The molecule has 1 heterocycles. The highest BCUT2D eigenvalue weighted by molar-refractivity contribution is 7.99. The number of thioether (sulfide) groups is 1. The van der Waals surface area contributed by atoms with Crippen LogP contribution in [0, 0.1) is 0 Å². The zero-order valence-electron chi connectivity index (χ0n) is 16.5. The van der Waals surface area contributed by atoms with E-state index in [1.165, 1.54) is 30.1 Å². The van der Waals surface area contributed by atoms with Crippen LogP contribution < -0.4 is 15.8 Å². The molecule has 1 aromatic heterocycles. The number of carbonyl (C=O) groups excluding carboxylic acids is 2. The molecule has 3 N–H and O–H groups in total. The molecule has 0 radical (unpaired) electrons. The van der Waals surface area contributed by atoms with Gasteiger partial charge in [0.15, 0.2) is 6.10 Å². The Morgan fingerprint density at radius 1 is 1.21 bits per heavy atom. The molecule has 2 amide bonds.